The number of anilines is 1. The molecule has 4 heteroatoms. The Labute approximate surface area is 101 Å². The van der Waals surface area contributed by atoms with Crippen molar-refractivity contribution in [2.75, 3.05) is 4.90 Å². The van der Waals surface area contributed by atoms with Gasteiger partial charge in [0.15, 0.2) is 0 Å². The molecule has 0 radical (unpaired) electrons. The summed E-state index contributed by atoms with van der Waals surface area (Å²) in [6, 6.07) is 2.59. The van der Waals surface area contributed by atoms with E-state index in [1.54, 1.807) is 0 Å². The van der Waals surface area contributed by atoms with E-state index in [-0.39, 0.29) is 11.2 Å². The molecule has 92 valence electrons. The van der Waals surface area contributed by atoms with Crippen molar-refractivity contribution < 1.29 is 0 Å². The first-order chi connectivity index (χ1) is 8.07. The van der Waals surface area contributed by atoms with Gasteiger partial charge in [0.1, 0.15) is 5.82 Å². The molecule has 3 heterocycles. The number of aromatic nitrogens is 2. The third kappa shape index (κ3) is 1.30. The van der Waals surface area contributed by atoms with Crippen LogP contribution in [0.1, 0.15) is 38.8 Å². The van der Waals surface area contributed by atoms with Crippen LogP contribution >= 0.6 is 0 Å². The predicted octanol–water partition coefficient (Wildman–Crippen LogP) is 1.70. The van der Waals surface area contributed by atoms with Crippen LogP contribution < -0.4 is 10.6 Å². The zero-order valence-electron chi connectivity index (χ0n) is 10.7. The fourth-order valence-corrected chi connectivity index (χ4v) is 3.53. The van der Waals surface area contributed by atoms with Crippen LogP contribution in [-0.2, 0) is 6.54 Å². The summed E-state index contributed by atoms with van der Waals surface area (Å²) in [7, 11) is 0. The second-order valence-corrected chi connectivity index (χ2v) is 5.46. The maximum atomic E-state index is 12.0. The first-order valence-electron chi connectivity index (χ1n) is 6.45. The molecule has 0 aliphatic carbocycles. The minimum atomic E-state index is -0.0885. The molecule has 0 amide bonds. The lowest BCUT2D eigenvalue weighted by molar-refractivity contribution is 0.387. The van der Waals surface area contributed by atoms with Gasteiger partial charge in [0.05, 0.1) is 12.1 Å². The van der Waals surface area contributed by atoms with Crippen molar-refractivity contribution >= 4 is 5.82 Å². The topological polar surface area (TPSA) is 38.1 Å². The molecule has 1 saturated heterocycles. The number of fused-ring (bicyclic) bond motifs is 3. The second kappa shape index (κ2) is 3.34. The first kappa shape index (κ1) is 10.8. The average molecular weight is 233 g/mol. The van der Waals surface area contributed by atoms with Crippen LogP contribution in [0, 0.1) is 6.92 Å². The summed E-state index contributed by atoms with van der Waals surface area (Å²) in [5.41, 5.74) is 0.905. The first-order valence-corrected chi connectivity index (χ1v) is 6.45. The molecule has 1 aromatic heterocycles. The van der Waals surface area contributed by atoms with Gasteiger partial charge in [-0.15, -0.1) is 0 Å². The average Bonchev–Trinajstić information content (AvgIpc) is 2.76. The summed E-state index contributed by atoms with van der Waals surface area (Å²) in [5.74, 6) is 1.08. The lowest BCUT2D eigenvalue weighted by Crippen LogP contribution is -2.43. The van der Waals surface area contributed by atoms with Crippen LogP contribution in [-0.4, -0.2) is 21.1 Å². The summed E-state index contributed by atoms with van der Waals surface area (Å²) in [6.07, 6.45) is 3.51. The number of rotatable bonds is 1. The molecule has 2 aliphatic heterocycles. The Morgan fingerprint density at radius 2 is 2.35 bits per heavy atom. The molecule has 0 saturated carbocycles. The van der Waals surface area contributed by atoms with Gasteiger partial charge in [-0.25, -0.2) is 4.79 Å². The highest BCUT2D eigenvalue weighted by Gasteiger charge is 2.49. The Morgan fingerprint density at radius 1 is 1.59 bits per heavy atom. The predicted molar refractivity (Wildman–Crippen MR) is 67.4 cm³/mol. The van der Waals surface area contributed by atoms with E-state index in [0.29, 0.717) is 6.04 Å². The highest BCUT2D eigenvalue weighted by Crippen LogP contribution is 2.45. The van der Waals surface area contributed by atoms with Crippen LogP contribution in [0.25, 0.3) is 0 Å². The van der Waals surface area contributed by atoms with Crippen molar-refractivity contribution in [3.8, 4) is 0 Å². The highest BCUT2D eigenvalue weighted by molar-refractivity contribution is 5.51. The van der Waals surface area contributed by atoms with E-state index in [9.17, 15) is 4.79 Å². The van der Waals surface area contributed by atoms with Gasteiger partial charge in [0.25, 0.3) is 0 Å². The summed E-state index contributed by atoms with van der Waals surface area (Å²) in [4.78, 5) is 18.5. The number of hydrogen-bond donors (Lipinski definition) is 0. The maximum absolute atomic E-state index is 12.0. The Kier molecular flexibility index (Phi) is 2.12. The molecular formula is C13H19N3O. The van der Waals surface area contributed by atoms with Crippen molar-refractivity contribution in [3.05, 3.63) is 22.2 Å². The van der Waals surface area contributed by atoms with E-state index >= 15 is 0 Å². The molecule has 0 aromatic carbocycles. The minimum absolute atomic E-state index is 0.0885. The Bertz CT molecular complexity index is 522. The van der Waals surface area contributed by atoms with Gasteiger partial charge in [0, 0.05) is 17.8 Å². The van der Waals surface area contributed by atoms with Gasteiger partial charge in [-0.2, -0.15) is 4.98 Å². The number of nitrogens with zero attached hydrogens (tertiary/aromatic N) is 3. The third-order valence-corrected chi connectivity index (χ3v) is 4.45. The Hall–Kier alpha value is -1.32. The van der Waals surface area contributed by atoms with E-state index in [2.05, 4.69) is 29.8 Å². The van der Waals surface area contributed by atoms with E-state index in [1.165, 1.54) is 12.8 Å². The number of hydrogen-bond acceptors (Lipinski definition) is 3. The van der Waals surface area contributed by atoms with Gasteiger partial charge in [-0.05, 0) is 33.1 Å². The molecule has 2 unspecified atom stereocenters. The summed E-state index contributed by atoms with van der Waals surface area (Å²) >= 11 is 0. The zero-order chi connectivity index (χ0) is 12.2. The molecular weight excluding hydrogens is 214 g/mol. The molecule has 1 fully saturated rings. The second-order valence-electron chi connectivity index (χ2n) is 5.46. The fourth-order valence-electron chi connectivity index (χ4n) is 3.53. The monoisotopic (exact) mass is 233 g/mol. The molecule has 0 spiro atoms. The van der Waals surface area contributed by atoms with Crippen molar-refractivity contribution in [1.82, 2.24) is 9.55 Å². The van der Waals surface area contributed by atoms with Crippen LogP contribution in [0.3, 0.4) is 0 Å². The van der Waals surface area contributed by atoms with Crippen molar-refractivity contribution in [1.29, 1.82) is 0 Å². The van der Waals surface area contributed by atoms with Crippen LogP contribution in [0.5, 0.6) is 0 Å². The van der Waals surface area contributed by atoms with Crippen molar-refractivity contribution in [2.45, 2.75) is 58.2 Å². The van der Waals surface area contributed by atoms with E-state index in [4.69, 9.17) is 0 Å². The maximum Gasteiger partial charge on any atom is 0.349 e. The van der Waals surface area contributed by atoms with Gasteiger partial charge < -0.3 is 4.90 Å². The zero-order valence-corrected chi connectivity index (χ0v) is 10.7. The molecule has 0 N–H and O–H groups in total. The lowest BCUT2D eigenvalue weighted by Gasteiger charge is -2.34. The normalized spacial score (nSPS) is 30.5. The van der Waals surface area contributed by atoms with Crippen molar-refractivity contribution in [2.24, 2.45) is 0 Å². The quantitative estimate of drug-likeness (QED) is 0.741. The van der Waals surface area contributed by atoms with Crippen molar-refractivity contribution in [3.63, 3.8) is 0 Å². The van der Waals surface area contributed by atoms with Gasteiger partial charge in [-0.1, -0.05) is 6.92 Å². The van der Waals surface area contributed by atoms with Gasteiger partial charge in [-0.3, -0.25) is 4.57 Å². The Morgan fingerprint density at radius 3 is 3.06 bits per heavy atom. The van der Waals surface area contributed by atoms with E-state index in [1.807, 2.05) is 11.5 Å². The molecule has 4 nitrogen and oxygen atoms in total. The fraction of sp³-hybridized carbons (Fsp3) is 0.692. The molecule has 1 aromatic rings. The molecule has 3 rings (SSSR count). The number of aryl methyl sites for hydroxylation is 1. The van der Waals surface area contributed by atoms with Crippen LogP contribution in [0.4, 0.5) is 5.82 Å². The smallest absolute Gasteiger partial charge is 0.348 e. The minimum Gasteiger partial charge on any atom is -0.348 e. The summed E-state index contributed by atoms with van der Waals surface area (Å²) in [5, 5.41) is 0. The third-order valence-electron chi connectivity index (χ3n) is 4.45. The van der Waals surface area contributed by atoms with Crippen LogP contribution in [0.2, 0.25) is 0 Å². The van der Waals surface area contributed by atoms with Crippen LogP contribution in [0.15, 0.2) is 10.9 Å². The van der Waals surface area contributed by atoms with Gasteiger partial charge >= 0.3 is 5.69 Å². The molecule has 0 bridgehead atoms. The molecule has 2 atom stereocenters. The standard InChI is InChI=1S/C13H19N3O/c1-4-13-6-5-10(3)16(13)11-7-9(2)14-12(17)15(11)8-13/h7,10H,4-6,8H2,1-3H3. The molecule has 2 aliphatic rings. The largest absolute Gasteiger partial charge is 0.349 e. The summed E-state index contributed by atoms with van der Waals surface area (Å²) in [6.45, 7) is 7.19. The van der Waals surface area contributed by atoms with E-state index in [0.717, 1.165) is 24.5 Å². The summed E-state index contributed by atoms with van der Waals surface area (Å²) < 4.78 is 1.85. The van der Waals surface area contributed by atoms with E-state index < -0.39 is 0 Å². The van der Waals surface area contributed by atoms with Gasteiger partial charge in [0.2, 0.25) is 0 Å². The SMILES string of the molecule is CCC12CCC(C)N1c1cc(C)nc(=O)n1C2. The molecule has 17 heavy (non-hydrogen) atoms. The Balaban J connectivity index is 2.20. The lowest BCUT2D eigenvalue weighted by atomic mass is 9.94. The highest BCUT2D eigenvalue weighted by atomic mass is 16.1.